The first-order chi connectivity index (χ1) is 6.15. The van der Waals surface area contributed by atoms with Crippen molar-refractivity contribution in [1.82, 2.24) is 5.32 Å². The molecule has 0 aromatic rings. The molecule has 76 valence electrons. The van der Waals surface area contributed by atoms with Crippen molar-refractivity contribution in [2.75, 3.05) is 0 Å². The average Bonchev–Trinajstić information content (AvgIpc) is 2.50. The van der Waals surface area contributed by atoms with Crippen LogP contribution in [0.25, 0.3) is 0 Å². The number of nitrogens with one attached hydrogen (secondary N) is 1. The lowest BCUT2D eigenvalue weighted by atomic mass is 10.1. The van der Waals surface area contributed by atoms with Crippen LogP contribution in [-0.4, -0.2) is 23.1 Å². The molecule has 0 aromatic heterocycles. The minimum absolute atomic E-state index is 0.0319. The van der Waals surface area contributed by atoms with Crippen molar-refractivity contribution >= 4 is 5.84 Å². The Kier molecular flexibility index (Phi) is 3.54. The van der Waals surface area contributed by atoms with Crippen molar-refractivity contribution in [3.8, 4) is 0 Å². The molecule has 0 aromatic carbocycles. The third kappa shape index (κ3) is 2.59. The Morgan fingerprint density at radius 3 is 2.77 bits per heavy atom. The van der Waals surface area contributed by atoms with Crippen molar-refractivity contribution in [2.24, 2.45) is 16.8 Å². The molecule has 3 unspecified atom stereocenters. The van der Waals surface area contributed by atoms with Gasteiger partial charge in [-0.3, -0.25) is 0 Å². The van der Waals surface area contributed by atoms with E-state index >= 15 is 0 Å². The molecule has 13 heavy (non-hydrogen) atoms. The van der Waals surface area contributed by atoms with Crippen molar-refractivity contribution < 1.29 is 5.21 Å². The number of nitrogens with zero attached hydrogens (tertiary/aromatic N) is 1. The Morgan fingerprint density at radius 1 is 1.62 bits per heavy atom. The van der Waals surface area contributed by atoms with Gasteiger partial charge in [0.15, 0.2) is 5.84 Å². The van der Waals surface area contributed by atoms with Gasteiger partial charge in [0.1, 0.15) is 0 Å². The van der Waals surface area contributed by atoms with Crippen LogP contribution in [0.5, 0.6) is 0 Å². The lowest BCUT2D eigenvalue weighted by molar-refractivity contribution is 0.313. The molecule has 4 nitrogen and oxygen atoms in total. The SMILES string of the molecule is CC(NC1CCCC1C)C(N)=NO. The Labute approximate surface area is 79.2 Å². The van der Waals surface area contributed by atoms with E-state index in [2.05, 4.69) is 17.4 Å². The van der Waals surface area contributed by atoms with Crippen LogP contribution in [0.1, 0.15) is 33.1 Å². The van der Waals surface area contributed by atoms with Gasteiger partial charge in [0.25, 0.3) is 0 Å². The summed E-state index contributed by atoms with van der Waals surface area (Å²) in [6.45, 7) is 4.16. The van der Waals surface area contributed by atoms with Crippen LogP contribution in [0.15, 0.2) is 5.16 Å². The van der Waals surface area contributed by atoms with Crippen LogP contribution in [0.3, 0.4) is 0 Å². The average molecular weight is 185 g/mol. The zero-order valence-corrected chi connectivity index (χ0v) is 8.33. The Hall–Kier alpha value is -0.770. The topological polar surface area (TPSA) is 70.6 Å². The maximum absolute atomic E-state index is 8.47. The number of nitrogens with two attached hydrogens (primary N) is 1. The number of oxime groups is 1. The van der Waals surface area contributed by atoms with E-state index in [4.69, 9.17) is 10.9 Å². The summed E-state index contributed by atoms with van der Waals surface area (Å²) in [5.41, 5.74) is 5.48. The van der Waals surface area contributed by atoms with E-state index in [1.807, 2.05) is 6.92 Å². The number of hydrogen-bond donors (Lipinski definition) is 3. The van der Waals surface area contributed by atoms with Gasteiger partial charge >= 0.3 is 0 Å². The summed E-state index contributed by atoms with van der Waals surface area (Å²) in [4.78, 5) is 0. The molecule has 3 atom stereocenters. The lowest BCUT2D eigenvalue weighted by Gasteiger charge is -2.21. The van der Waals surface area contributed by atoms with Gasteiger partial charge in [0.05, 0.1) is 6.04 Å². The summed E-state index contributed by atoms with van der Waals surface area (Å²) in [5, 5.41) is 14.8. The van der Waals surface area contributed by atoms with Crippen molar-refractivity contribution in [2.45, 2.75) is 45.2 Å². The second-order valence-corrected chi connectivity index (χ2v) is 3.93. The van der Waals surface area contributed by atoms with Crippen LogP contribution < -0.4 is 11.1 Å². The molecule has 1 fully saturated rings. The lowest BCUT2D eigenvalue weighted by Crippen LogP contribution is -2.45. The van der Waals surface area contributed by atoms with Crippen LogP contribution in [0.2, 0.25) is 0 Å². The molecule has 0 radical (unpaired) electrons. The highest BCUT2D eigenvalue weighted by Gasteiger charge is 2.25. The van der Waals surface area contributed by atoms with Crippen LogP contribution >= 0.6 is 0 Å². The number of amidine groups is 1. The smallest absolute Gasteiger partial charge is 0.156 e. The molecule has 1 saturated carbocycles. The maximum atomic E-state index is 8.47. The normalized spacial score (nSPS) is 32.0. The van der Waals surface area contributed by atoms with Gasteiger partial charge in [-0.1, -0.05) is 18.5 Å². The summed E-state index contributed by atoms with van der Waals surface area (Å²) >= 11 is 0. The van der Waals surface area contributed by atoms with E-state index in [9.17, 15) is 0 Å². The van der Waals surface area contributed by atoms with Crippen LogP contribution in [-0.2, 0) is 0 Å². The minimum Gasteiger partial charge on any atom is -0.409 e. The van der Waals surface area contributed by atoms with Gasteiger partial charge in [-0.2, -0.15) is 0 Å². The van der Waals surface area contributed by atoms with Gasteiger partial charge in [-0.05, 0) is 25.7 Å². The van der Waals surface area contributed by atoms with E-state index < -0.39 is 0 Å². The first-order valence-electron chi connectivity index (χ1n) is 4.88. The highest BCUT2D eigenvalue weighted by molar-refractivity contribution is 5.84. The molecule has 1 rings (SSSR count). The van der Waals surface area contributed by atoms with E-state index in [0.29, 0.717) is 12.0 Å². The van der Waals surface area contributed by atoms with Crippen molar-refractivity contribution in [3.63, 3.8) is 0 Å². The van der Waals surface area contributed by atoms with E-state index in [1.54, 1.807) is 0 Å². The van der Waals surface area contributed by atoms with Gasteiger partial charge in [-0.15, -0.1) is 0 Å². The number of hydrogen-bond acceptors (Lipinski definition) is 3. The van der Waals surface area contributed by atoms with E-state index in [1.165, 1.54) is 19.3 Å². The molecule has 1 aliphatic carbocycles. The quantitative estimate of drug-likeness (QED) is 0.265. The standard InChI is InChI=1S/C9H19N3O/c1-6-4-3-5-8(6)11-7(2)9(10)12-13/h6-8,11,13H,3-5H2,1-2H3,(H2,10,12). The van der Waals surface area contributed by atoms with Crippen molar-refractivity contribution in [1.29, 1.82) is 0 Å². The first-order valence-corrected chi connectivity index (χ1v) is 4.88. The van der Waals surface area contributed by atoms with Gasteiger partial charge in [0, 0.05) is 6.04 Å². The third-order valence-corrected chi connectivity index (χ3v) is 2.88. The fourth-order valence-electron chi connectivity index (χ4n) is 1.89. The Bertz CT molecular complexity index is 193. The fraction of sp³-hybridized carbons (Fsp3) is 0.889. The van der Waals surface area contributed by atoms with Gasteiger partial charge < -0.3 is 16.3 Å². The Morgan fingerprint density at radius 2 is 2.31 bits per heavy atom. The molecule has 0 amide bonds. The summed E-state index contributed by atoms with van der Waals surface area (Å²) in [5.74, 6) is 0.966. The van der Waals surface area contributed by atoms with E-state index in [-0.39, 0.29) is 11.9 Å². The predicted molar refractivity (Wildman–Crippen MR) is 52.8 cm³/mol. The molecule has 0 spiro atoms. The molecule has 4 heteroatoms. The second kappa shape index (κ2) is 4.46. The molecule has 4 N–H and O–H groups in total. The zero-order valence-electron chi connectivity index (χ0n) is 8.33. The molecular formula is C9H19N3O. The Balaban J connectivity index is 2.39. The second-order valence-electron chi connectivity index (χ2n) is 3.93. The first kappa shape index (κ1) is 10.3. The van der Waals surface area contributed by atoms with Crippen molar-refractivity contribution in [3.05, 3.63) is 0 Å². The van der Waals surface area contributed by atoms with Crippen LogP contribution in [0.4, 0.5) is 0 Å². The van der Waals surface area contributed by atoms with Gasteiger partial charge in [0.2, 0.25) is 0 Å². The highest BCUT2D eigenvalue weighted by Crippen LogP contribution is 2.24. The maximum Gasteiger partial charge on any atom is 0.156 e. The molecule has 1 aliphatic rings. The monoisotopic (exact) mass is 185 g/mol. The van der Waals surface area contributed by atoms with Gasteiger partial charge in [-0.25, -0.2) is 0 Å². The molecule has 0 saturated heterocycles. The third-order valence-electron chi connectivity index (χ3n) is 2.88. The molecule has 0 aliphatic heterocycles. The largest absolute Gasteiger partial charge is 0.409 e. The zero-order chi connectivity index (χ0) is 9.84. The van der Waals surface area contributed by atoms with Crippen LogP contribution in [0, 0.1) is 5.92 Å². The summed E-state index contributed by atoms with van der Waals surface area (Å²) in [6, 6.07) is 0.492. The predicted octanol–water partition coefficient (Wildman–Crippen LogP) is 0.900. The summed E-state index contributed by atoms with van der Waals surface area (Å²) < 4.78 is 0. The summed E-state index contributed by atoms with van der Waals surface area (Å²) in [7, 11) is 0. The number of rotatable bonds is 3. The fourth-order valence-corrected chi connectivity index (χ4v) is 1.89. The highest BCUT2D eigenvalue weighted by atomic mass is 16.4. The van der Waals surface area contributed by atoms with E-state index in [0.717, 1.165) is 0 Å². The molecule has 0 bridgehead atoms. The molecule has 0 heterocycles. The minimum atomic E-state index is -0.0319. The summed E-state index contributed by atoms with van der Waals surface area (Å²) in [6.07, 6.45) is 3.76. The molecular weight excluding hydrogens is 166 g/mol.